The summed E-state index contributed by atoms with van der Waals surface area (Å²) < 4.78 is 36.4. The van der Waals surface area contributed by atoms with E-state index < -0.39 is 12.7 Å². The second-order valence-corrected chi connectivity index (χ2v) is 4.31. The predicted molar refractivity (Wildman–Crippen MR) is 58.4 cm³/mol. The van der Waals surface area contributed by atoms with Gasteiger partial charge in [0.15, 0.2) is 0 Å². The van der Waals surface area contributed by atoms with E-state index in [-0.39, 0.29) is 0 Å². The molecule has 0 aromatic heterocycles. The van der Waals surface area contributed by atoms with Gasteiger partial charge in [0.2, 0.25) is 0 Å². The molecule has 0 spiro atoms. The molecular weight excluding hydrogens is 294 g/mol. The average molecular weight is 303 g/mol. The second-order valence-electron chi connectivity index (χ2n) is 3.05. The number of alkyl halides is 3. The smallest absolute Gasteiger partial charge is 0.376 e. The minimum Gasteiger partial charge on any atom is -0.376 e. The Morgan fingerprint density at radius 3 is 2.53 bits per heavy atom. The number of nitrogens with one attached hydrogen (secondary N) is 1. The highest BCUT2D eigenvalue weighted by molar-refractivity contribution is 9.10. The molecule has 1 nitrogen and oxygen atoms in total. The SMILES string of the molecule is Cc1cc(Br)c(NCC(F)(F)F)cc1Cl. The van der Waals surface area contributed by atoms with E-state index in [4.69, 9.17) is 11.6 Å². The van der Waals surface area contributed by atoms with Crippen LogP contribution >= 0.6 is 27.5 Å². The number of rotatable bonds is 2. The molecule has 0 saturated carbocycles. The van der Waals surface area contributed by atoms with Crippen LogP contribution in [0.25, 0.3) is 0 Å². The van der Waals surface area contributed by atoms with E-state index in [0.29, 0.717) is 15.2 Å². The van der Waals surface area contributed by atoms with Crippen LogP contribution in [0.2, 0.25) is 5.02 Å². The maximum absolute atomic E-state index is 11.9. The third kappa shape index (κ3) is 3.91. The lowest BCUT2D eigenvalue weighted by Gasteiger charge is -2.12. The molecule has 84 valence electrons. The van der Waals surface area contributed by atoms with Crippen LogP contribution in [-0.2, 0) is 0 Å². The lowest BCUT2D eigenvalue weighted by atomic mass is 10.2. The van der Waals surface area contributed by atoms with Gasteiger partial charge in [0, 0.05) is 9.50 Å². The molecule has 0 unspecified atom stereocenters. The summed E-state index contributed by atoms with van der Waals surface area (Å²) in [6, 6.07) is 3.13. The molecule has 0 aliphatic rings. The van der Waals surface area contributed by atoms with Crippen LogP contribution in [0.1, 0.15) is 5.56 Å². The molecule has 0 aliphatic heterocycles. The van der Waals surface area contributed by atoms with Gasteiger partial charge in [-0.05, 0) is 40.5 Å². The zero-order valence-electron chi connectivity index (χ0n) is 7.75. The van der Waals surface area contributed by atoms with Crippen molar-refractivity contribution < 1.29 is 13.2 Å². The van der Waals surface area contributed by atoms with Crippen LogP contribution in [0.3, 0.4) is 0 Å². The first-order valence-electron chi connectivity index (χ1n) is 4.06. The zero-order chi connectivity index (χ0) is 11.6. The third-order valence-corrected chi connectivity index (χ3v) is 2.79. The number of halogens is 5. The lowest BCUT2D eigenvalue weighted by molar-refractivity contribution is -0.115. The van der Waals surface area contributed by atoms with Crippen molar-refractivity contribution in [2.24, 2.45) is 0 Å². The number of hydrogen-bond donors (Lipinski definition) is 1. The van der Waals surface area contributed by atoms with Gasteiger partial charge >= 0.3 is 6.18 Å². The topological polar surface area (TPSA) is 12.0 Å². The number of hydrogen-bond acceptors (Lipinski definition) is 1. The summed E-state index contributed by atoms with van der Waals surface area (Å²) in [6.07, 6.45) is -4.24. The maximum Gasteiger partial charge on any atom is 0.405 e. The van der Waals surface area contributed by atoms with E-state index in [1.54, 1.807) is 13.0 Å². The van der Waals surface area contributed by atoms with Crippen molar-refractivity contribution in [3.05, 3.63) is 27.2 Å². The fourth-order valence-electron chi connectivity index (χ4n) is 0.977. The molecular formula is C9H8BrClF3N. The summed E-state index contributed by atoms with van der Waals surface area (Å²) in [5.41, 5.74) is 1.14. The van der Waals surface area contributed by atoms with Gasteiger partial charge < -0.3 is 5.32 Å². The summed E-state index contributed by atoms with van der Waals surface area (Å²) in [5, 5.41) is 2.70. The van der Waals surface area contributed by atoms with Crippen LogP contribution in [0.15, 0.2) is 16.6 Å². The Morgan fingerprint density at radius 2 is 2.00 bits per heavy atom. The van der Waals surface area contributed by atoms with Crippen LogP contribution in [0, 0.1) is 6.92 Å². The molecule has 0 bridgehead atoms. The Bertz CT molecular complexity index is 365. The highest BCUT2D eigenvalue weighted by atomic mass is 79.9. The lowest BCUT2D eigenvalue weighted by Crippen LogP contribution is -2.21. The van der Waals surface area contributed by atoms with Crippen molar-refractivity contribution in [3.63, 3.8) is 0 Å². The van der Waals surface area contributed by atoms with Gasteiger partial charge in [-0.1, -0.05) is 11.6 Å². The summed E-state index contributed by atoms with van der Waals surface area (Å²) in [7, 11) is 0. The molecule has 1 aromatic rings. The Morgan fingerprint density at radius 1 is 1.40 bits per heavy atom. The first kappa shape index (κ1) is 12.6. The monoisotopic (exact) mass is 301 g/mol. The van der Waals surface area contributed by atoms with Crippen molar-refractivity contribution in [3.8, 4) is 0 Å². The molecule has 0 saturated heterocycles. The second kappa shape index (κ2) is 4.61. The molecule has 0 atom stereocenters. The standard InChI is InChI=1S/C9H8BrClF3N/c1-5-2-6(10)8(3-7(5)11)15-4-9(12,13)14/h2-3,15H,4H2,1H3. The quantitative estimate of drug-likeness (QED) is 0.854. The fraction of sp³-hybridized carbons (Fsp3) is 0.333. The highest BCUT2D eigenvalue weighted by Gasteiger charge is 2.26. The van der Waals surface area contributed by atoms with Crippen LogP contribution in [0.5, 0.6) is 0 Å². The minimum absolute atomic E-state index is 0.336. The van der Waals surface area contributed by atoms with Gasteiger partial charge in [0.1, 0.15) is 6.54 Å². The zero-order valence-corrected chi connectivity index (χ0v) is 10.1. The Balaban J connectivity index is 2.82. The molecule has 0 amide bonds. The van der Waals surface area contributed by atoms with E-state index in [1.807, 2.05) is 0 Å². The summed E-state index contributed by atoms with van der Waals surface area (Å²) in [5.74, 6) is 0. The Kier molecular flexibility index (Phi) is 3.89. The normalized spacial score (nSPS) is 11.6. The summed E-state index contributed by atoms with van der Waals surface area (Å²) in [4.78, 5) is 0. The van der Waals surface area contributed by atoms with Crippen molar-refractivity contribution in [1.82, 2.24) is 0 Å². The molecule has 0 fully saturated rings. The van der Waals surface area contributed by atoms with Gasteiger partial charge in [0.05, 0.1) is 5.69 Å². The van der Waals surface area contributed by atoms with Crippen molar-refractivity contribution >= 4 is 33.2 Å². The molecule has 15 heavy (non-hydrogen) atoms. The Hall–Kier alpha value is -0.420. The van der Waals surface area contributed by atoms with E-state index in [0.717, 1.165) is 5.56 Å². The van der Waals surface area contributed by atoms with Crippen LogP contribution < -0.4 is 5.32 Å². The van der Waals surface area contributed by atoms with E-state index in [9.17, 15) is 13.2 Å². The molecule has 0 aliphatic carbocycles. The van der Waals surface area contributed by atoms with Gasteiger partial charge in [-0.3, -0.25) is 0 Å². The van der Waals surface area contributed by atoms with E-state index >= 15 is 0 Å². The molecule has 1 rings (SSSR count). The van der Waals surface area contributed by atoms with Gasteiger partial charge in [-0.25, -0.2) is 0 Å². The first-order chi connectivity index (χ1) is 6.79. The molecule has 6 heteroatoms. The van der Waals surface area contributed by atoms with Crippen molar-refractivity contribution in [2.45, 2.75) is 13.1 Å². The van der Waals surface area contributed by atoms with Crippen LogP contribution in [0.4, 0.5) is 18.9 Å². The third-order valence-electron chi connectivity index (χ3n) is 1.73. The molecule has 0 heterocycles. The van der Waals surface area contributed by atoms with Gasteiger partial charge in [-0.2, -0.15) is 13.2 Å². The van der Waals surface area contributed by atoms with E-state index in [2.05, 4.69) is 21.2 Å². The maximum atomic E-state index is 11.9. The van der Waals surface area contributed by atoms with Crippen LogP contribution in [-0.4, -0.2) is 12.7 Å². The Labute approximate surface area is 98.7 Å². The van der Waals surface area contributed by atoms with Crippen molar-refractivity contribution in [1.29, 1.82) is 0 Å². The number of benzene rings is 1. The molecule has 0 radical (unpaired) electrons. The number of anilines is 1. The average Bonchev–Trinajstić information content (AvgIpc) is 2.07. The minimum atomic E-state index is -4.24. The predicted octanol–water partition coefficient (Wildman–Crippen LogP) is 4.39. The van der Waals surface area contributed by atoms with Gasteiger partial charge in [0.25, 0.3) is 0 Å². The summed E-state index contributed by atoms with van der Waals surface area (Å²) in [6.45, 7) is 0.700. The van der Waals surface area contributed by atoms with Crippen molar-refractivity contribution in [2.75, 3.05) is 11.9 Å². The number of aryl methyl sites for hydroxylation is 1. The van der Waals surface area contributed by atoms with Gasteiger partial charge in [-0.15, -0.1) is 0 Å². The largest absolute Gasteiger partial charge is 0.405 e. The fourth-order valence-corrected chi connectivity index (χ4v) is 1.74. The first-order valence-corrected chi connectivity index (χ1v) is 5.23. The highest BCUT2D eigenvalue weighted by Crippen LogP contribution is 2.30. The van der Waals surface area contributed by atoms with E-state index in [1.165, 1.54) is 6.07 Å². The molecule has 1 aromatic carbocycles. The summed E-state index contributed by atoms with van der Waals surface area (Å²) >= 11 is 8.95. The molecule has 1 N–H and O–H groups in total.